The number of carbonyl (C=O) groups is 2. The van der Waals surface area contributed by atoms with Crippen LogP contribution >= 0.6 is 0 Å². The zero-order chi connectivity index (χ0) is 15.1. The molecule has 0 heterocycles. The fourth-order valence-corrected chi connectivity index (χ4v) is 1.84. The van der Waals surface area contributed by atoms with Crippen molar-refractivity contribution < 1.29 is 14.7 Å². The van der Waals surface area contributed by atoms with Crippen LogP contribution in [-0.4, -0.2) is 60.5 Å². The lowest BCUT2D eigenvalue weighted by Gasteiger charge is -2.24. The molecular formula is C15H22N2O3. The van der Waals surface area contributed by atoms with Crippen LogP contribution in [0.25, 0.3) is 0 Å². The first kappa shape index (κ1) is 16.2. The Morgan fingerprint density at radius 3 is 2.00 bits per heavy atom. The number of carboxylic acids is 1. The zero-order valence-corrected chi connectivity index (χ0v) is 12.3. The van der Waals surface area contributed by atoms with Crippen LogP contribution in [0.4, 0.5) is 0 Å². The molecule has 0 atom stereocenters. The van der Waals surface area contributed by atoms with E-state index in [1.54, 1.807) is 17.0 Å². The van der Waals surface area contributed by atoms with Gasteiger partial charge in [0.15, 0.2) is 0 Å². The highest BCUT2D eigenvalue weighted by atomic mass is 16.4. The molecule has 5 heteroatoms. The first-order valence-corrected chi connectivity index (χ1v) is 6.73. The number of rotatable bonds is 7. The van der Waals surface area contributed by atoms with Crippen molar-refractivity contribution >= 4 is 11.9 Å². The van der Waals surface area contributed by atoms with Crippen LogP contribution in [0.1, 0.15) is 34.1 Å². The maximum atomic E-state index is 12.4. The van der Waals surface area contributed by atoms with E-state index in [1.165, 1.54) is 12.1 Å². The third-order valence-electron chi connectivity index (χ3n) is 2.98. The quantitative estimate of drug-likeness (QED) is 0.826. The number of hydrogen-bond acceptors (Lipinski definition) is 3. The molecule has 0 saturated carbocycles. The van der Waals surface area contributed by atoms with E-state index in [1.807, 2.05) is 25.9 Å². The highest BCUT2D eigenvalue weighted by Crippen LogP contribution is 2.08. The molecule has 0 saturated heterocycles. The van der Waals surface area contributed by atoms with E-state index < -0.39 is 5.97 Å². The van der Waals surface area contributed by atoms with E-state index in [2.05, 4.69) is 0 Å². The van der Waals surface area contributed by atoms with E-state index in [4.69, 9.17) is 5.11 Å². The van der Waals surface area contributed by atoms with Crippen molar-refractivity contribution in [3.05, 3.63) is 35.4 Å². The van der Waals surface area contributed by atoms with Gasteiger partial charge in [-0.25, -0.2) is 4.79 Å². The van der Waals surface area contributed by atoms with Crippen LogP contribution in [0.2, 0.25) is 0 Å². The topological polar surface area (TPSA) is 60.9 Å². The molecule has 0 bridgehead atoms. The second-order valence-corrected chi connectivity index (χ2v) is 4.98. The van der Waals surface area contributed by atoms with Gasteiger partial charge in [-0.3, -0.25) is 4.79 Å². The summed E-state index contributed by atoms with van der Waals surface area (Å²) < 4.78 is 0. The number of aromatic carboxylic acids is 1. The molecule has 0 fully saturated rings. The van der Waals surface area contributed by atoms with Crippen LogP contribution in [-0.2, 0) is 0 Å². The Morgan fingerprint density at radius 1 is 1.00 bits per heavy atom. The molecule has 110 valence electrons. The van der Waals surface area contributed by atoms with Crippen LogP contribution in [0.5, 0.6) is 0 Å². The molecule has 20 heavy (non-hydrogen) atoms. The number of benzene rings is 1. The van der Waals surface area contributed by atoms with Crippen LogP contribution < -0.4 is 0 Å². The van der Waals surface area contributed by atoms with Crippen molar-refractivity contribution in [2.45, 2.75) is 13.3 Å². The molecule has 0 aliphatic rings. The Bertz CT molecular complexity index is 455. The van der Waals surface area contributed by atoms with Gasteiger partial charge in [0.05, 0.1) is 5.56 Å². The van der Waals surface area contributed by atoms with Gasteiger partial charge < -0.3 is 14.9 Å². The normalized spacial score (nSPS) is 10.6. The molecule has 1 amide bonds. The van der Waals surface area contributed by atoms with Crippen LogP contribution in [0, 0.1) is 0 Å². The molecule has 0 spiro atoms. The smallest absolute Gasteiger partial charge is 0.335 e. The number of carbonyl (C=O) groups excluding carboxylic acids is 1. The van der Waals surface area contributed by atoms with Crippen molar-refractivity contribution in [3.63, 3.8) is 0 Å². The molecular weight excluding hydrogens is 256 g/mol. The summed E-state index contributed by atoms with van der Waals surface area (Å²) in [5, 5.41) is 8.85. The van der Waals surface area contributed by atoms with Gasteiger partial charge in [0.2, 0.25) is 0 Å². The number of hydrogen-bond donors (Lipinski definition) is 1. The van der Waals surface area contributed by atoms with Crippen LogP contribution in [0.3, 0.4) is 0 Å². The summed E-state index contributed by atoms with van der Waals surface area (Å²) in [4.78, 5) is 27.0. The summed E-state index contributed by atoms with van der Waals surface area (Å²) in [6, 6.07) is 6.07. The Morgan fingerprint density at radius 2 is 1.55 bits per heavy atom. The number of carboxylic acid groups (broad SMARTS) is 1. The first-order chi connectivity index (χ1) is 9.45. The molecule has 0 aromatic heterocycles. The van der Waals surface area contributed by atoms with Crippen molar-refractivity contribution in [1.29, 1.82) is 0 Å². The summed E-state index contributed by atoms with van der Waals surface area (Å²) in [6.07, 6.45) is 0.895. The Kier molecular flexibility index (Phi) is 6.18. The monoisotopic (exact) mass is 278 g/mol. The van der Waals surface area contributed by atoms with Gasteiger partial charge in [-0.2, -0.15) is 0 Å². The second kappa shape index (κ2) is 7.65. The van der Waals surface area contributed by atoms with Gasteiger partial charge in [0.1, 0.15) is 0 Å². The average molecular weight is 278 g/mol. The molecule has 5 nitrogen and oxygen atoms in total. The van der Waals surface area contributed by atoms with Gasteiger partial charge in [-0.15, -0.1) is 0 Å². The molecule has 0 unspecified atom stereocenters. The van der Waals surface area contributed by atoms with E-state index in [0.717, 1.165) is 13.0 Å². The van der Waals surface area contributed by atoms with Gasteiger partial charge in [-0.1, -0.05) is 6.92 Å². The molecule has 1 aromatic carbocycles. The molecule has 0 aliphatic carbocycles. The summed E-state index contributed by atoms with van der Waals surface area (Å²) >= 11 is 0. The summed E-state index contributed by atoms with van der Waals surface area (Å²) in [5.41, 5.74) is 0.721. The maximum absolute atomic E-state index is 12.4. The fourth-order valence-electron chi connectivity index (χ4n) is 1.84. The standard InChI is InChI=1S/C15H22N2O3/c1-4-9-17(11-10-16(2)3)14(18)12-5-7-13(8-6-12)15(19)20/h5-8H,4,9-11H2,1-3H3,(H,19,20). The zero-order valence-electron chi connectivity index (χ0n) is 12.3. The largest absolute Gasteiger partial charge is 0.478 e. The van der Waals surface area contributed by atoms with E-state index in [0.29, 0.717) is 18.7 Å². The minimum atomic E-state index is -0.984. The second-order valence-electron chi connectivity index (χ2n) is 4.98. The minimum Gasteiger partial charge on any atom is -0.478 e. The van der Waals surface area contributed by atoms with E-state index >= 15 is 0 Å². The lowest BCUT2D eigenvalue weighted by molar-refractivity contribution is 0.0693. The first-order valence-electron chi connectivity index (χ1n) is 6.73. The number of likely N-dealkylation sites (N-methyl/N-ethyl adjacent to an activating group) is 1. The van der Waals surface area contributed by atoms with Crippen LogP contribution in [0.15, 0.2) is 24.3 Å². The Balaban J connectivity index is 2.80. The predicted molar refractivity (Wildman–Crippen MR) is 78.1 cm³/mol. The average Bonchev–Trinajstić information content (AvgIpc) is 2.42. The van der Waals surface area contributed by atoms with Crippen molar-refractivity contribution in [3.8, 4) is 0 Å². The summed E-state index contributed by atoms with van der Waals surface area (Å²) in [7, 11) is 3.94. The highest BCUT2D eigenvalue weighted by molar-refractivity contribution is 5.95. The van der Waals surface area contributed by atoms with Gasteiger partial charge in [0.25, 0.3) is 5.91 Å². The third kappa shape index (κ3) is 4.66. The van der Waals surface area contributed by atoms with E-state index in [9.17, 15) is 9.59 Å². The number of nitrogens with zero attached hydrogens (tertiary/aromatic N) is 2. The number of amides is 1. The van der Waals surface area contributed by atoms with Crippen molar-refractivity contribution in [2.24, 2.45) is 0 Å². The van der Waals surface area contributed by atoms with Crippen molar-refractivity contribution in [1.82, 2.24) is 9.80 Å². The lowest BCUT2D eigenvalue weighted by Crippen LogP contribution is -2.37. The van der Waals surface area contributed by atoms with E-state index in [-0.39, 0.29) is 11.5 Å². The molecule has 0 aliphatic heterocycles. The third-order valence-corrected chi connectivity index (χ3v) is 2.98. The Labute approximate surface area is 119 Å². The SMILES string of the molecule is CCCN(CCN(C)C)C(=O)c1ccc(C(=O)O)cc1. The summed E-state index contributed by atoms with van der Waals surface area (Å²) in [6.45, 7) is 4.20. The molecule has 1 aromatic rings. The van der Waals surface area contributed by atoms with Gasteiger partial charge in [-0.05, 0) is 44.8 Å². The minimum absolute atomic E-state index is 0.0503. The molecule has 1 N–H and O–H groups in total. The lowest BCUT2D eigenvalue weighted by atomic mass is 10.1. The predicted octanol–water partition coefficient (Wildman–Crippen LogP) is 1.80. The highest BCUT2D eigenvalue weighted by Gasteiger charge is 2.15. The molecule has 0 radical (unpaired) electrons. The van der Waals surface area contributed by atoms with Gasteiger partial charge in [0, 0.05) is 25.2 Å². The maximum Gasteiger partial charge on any atom is 0.335 e. The van der Waals surface area contributed by atoms with Gasteiger partial charge >= 0.3 is 5.97 Å². The fraction of sp³-hybridized carbons (Fsp3) is 0.467. The van der Waals surface area contributed by atoms with Crippen molar-refractivity contribution in [2.75, 3.05) is 33.7 Å². The summed E-state index contributed by atoms with van der Waals surface area (Å²) in [5.74, 6) is -1.03. The Hall–Kier alpha value is -1.88. The molecule has 1 rings (SSSR count).